The average molecular weight is 361 g/mol. The lowest BCUT2D eigenvalue weighted by molar-refractivity contribution is 0.0234. The number of hydrogen-bond donors (Lipinski definition) is 2. The zero-order chi connectivity index (χ0) is 18.0. The van der Waals surface area contributed by atoms with E-state index >= 15 is 0 Å². The zero-order valence-corrected chi connectivity index (χ0v) is 15.0. The third-order valence-corrected chi connectivity index (χ3v) is 5.08. The van der Waals surface area contributed by atoms with E-state index in [0.29, 0.717) is 29.3 Å². The molecule has 1 atom stereocenters. The summed E-state index contributed by atoms with van der Waals surface area (Å²) in [4.78, 5) is 16.9. The van der Waals surface area contributed by atoms with Crippen molar-refractivity contribution in [2.45, 2.75) is 31.9 Å². The fourth-order valence-corrected chi connectivity index (χ4v) is 3.20. The van der Waals surface area contributed by atoms with Crippen LogP contribution in [0.2, 0.25) is 5.02 Å². The first-order valence-electron chi connectivity index (χ1n) is 8.23. The quantitative estimate of drug-likeness (QED) is 0.858. The van der Waals surface area contributed by atoms with Gasteiger partial charge in [-0.05, 0) is 55.0 Å². The molecule has 1 aliphatic rings. The van der Waals surface area contributed by atoms with E-state index in [1.165, 1.54) is 0 Å². The van der Waals surface area contributed by atoms with Crippen molar-refractivity contribution >= 4 is 17.5 Å². The summed E-state index contributed by atoms with van der Waals surface area (Å²) in [6.45, 7) is 1.87. The minimum absolute atomic E-state index is 0.165. The largest absolute Gasteiger partial charge is 0.481 e. The highest BCUT2D eigenvalue weighted by atomic mass is 35.5. The molecular formula is C19H21ClN2O3. The molecular weight excluding hydrogens is 340 g/mol. The van der Waals surface area contributed by atoms with Crippen LogP contribution in [-0.2, 0) is 0 Å². The maximum atomic E-state index is 12.7. The molecule has 1 fully saturated rings. The second-order valence-electron chi connectivity index (χ2n) is 6.43. The van der Waals surface area contributed by atoms with Gasteiger partial charge < -0.3 is 15.2 Å². The third-order valence-electron chi connectivity index (χ3n) is 4.66. The van der Waals surface area contributed by atoms with Gasteiger partial charge >= 0.3 is 0 Å². The Morgan fingerprint density at radius 3 is 2.68 bits per heavy atom. The van der Waals surface area contributed by atoms with Gasteiger partial charge in [0.25, 0.3) is 5.91 Å². The Balaban J connectivity index is 1.81. The van der Waals surface area contributed by atoms with E-state index in [4.69, 9.17) is 16.3 Å². The van der Waals surface area contributed by atoms with Crippen LogP contribution in [0.4, 0.5) is 0 Å². The van der Waals surface area contributed by atoms with Crippen LogP contribution in [0.5, 0.6) is 5.88 Å². The van der Waals surface area contributed by atoms with Gasteiger partial charge in [0, 0.05) is 22.8 Å². The second kappa shape index (κ2) is 7.42. The first-order chi connectivity index (χ1) is 12.0. The molecule has 2 aromatic rings. The van der Waals surface area contributed by atoms with E-state index in [-0.39, 0.29) is 24.0 Å². The number of methoxy groups -OCH3 is 1. The average Bonchev–Trinajstić information content (AvgIpc) is 2.59. The summed E-state index contributed by atoms with van der Waals surface area (Å²) in [5.74, 6) is 0.542. The molecule has 1 aliphatic carbocycles. The summed E-state index contributed by atoms with van der Waals surface area (Å²) in [7, 11) is 1.56. The third kappa shape index (κ3) is 3.94. The van der Waals surface area contributed by atoms with E-state index in [1.807, 2.05) is 13.0 Å². The van der Waals surface area contributed by atoms with E-state index in [0.717, 1.165) is 11.1 Å². The van der Waals surface area contributed by atoms with Crippen LogP contribution in [0.1, 0.15) is 40.4 Å². The summed E-state index contributed by atoms with van der Waals surface area (Å²) in [5.41, 5.74) is 2.32. The molecule has 1 aromatic heterocycles. The Morgan fingerprint density at radius 1 is 1.36 bits per heavy atom. The maximum absolute atomic E-state index is 12.7. The number of aromatic nitrogens is 1. The Labute approximate surface area is 152 Å². The smallest absolute Gasteiger partial charge is 0.251 e. The molecule has 1 aromatic carbocycles. The van der Waals surface area contributed by atoms with Crippen molar-refractivity contribution in [3.05, 3.63) is 58.2 Å². The lowest BCUT2D eigenvalue weighted by atomic mass is 9.75. The Kier molecular flexibility index (Phi) is 5.25. The number of rotatable bonds is 5. The molecule has 6 heteroatoms. The molecule has 0 radical (unpaired) electrons. The van der Waals surface area contributed by atoms with Crippen molar-refractivity contribution in [3.8, 4) is 5.88 Å². The molecule has 3 rings (SSSR count). The molecule has 0 bridgehead atoms. The van der Waals surface area contributed by atoms with Crippen LogP contribution >= 0.6 is 11.6 Å². The van der Waals surface area contributed by atoms with Crippen LogP contribution in [0.3, 0.4) is 0 Å². The van der Waals surface area contributed by atoms with Crippen molar-refractivity contribution < 1.29 is 14.6 Å². The van der Waals surface area contributed by atoms with Crippen LogP contribution in [0, 0.1) is 12.8 Å². The molecule has 2 N–H and O–H groups in total. The molecule has 0 unspecified atom stereocenters. The molecule has 132 valence electrons. The van der Waals surface area contributed by atoms with Crippen molar-refractivity contribution in [2.24, 2.45) is 5.92 Å². The molecule has 0 aliphatic heterocycles. The lowest BCUT2D eigenvalue weighted by Gasteiger charge is -2.38. The number of nitrogens with zero attached hydrogens (tertiary/aromatic N) is 1. The Bertz CT molecular complexity index is 758. The van der Waals surface area contributed by atoms with Gasteiger partial charge in [-0.2, -0.15) is 0 Å². The van der Waals surface area contributed by atoms with Gasteiger partial charge in [0.05, 0.1) is 19.3 Å². The minimum atomic E-state index is -0.298. The molecule has 1 amide bonds. The normalized spacial score (nSPS) is 20.5. The number of amides is 1. The van der Waals surface area contributed by atoms with Gasteiger partial charge in [0.15, 0.2) is 0 Å². The van der Waals surface area contributed by atoms with Crippen molar-refractivity contribution in [3.63, 3.8) is 0 Å². The van der Waals surface area contributed by atoms with Crippen LogP contribution in [-0.4, -0.2) is 29.2 Å². The van der Waals surface area contributed by atoms with Gasteiger partial charge in [-0.3, -0.25) is 4.79 Å². The number of halogens is 1. The molecule has 1 saturated carbocycles. The number of carbonyl (C=O) groups is 1. The van der Waals surface area contributed by atoms with Gasteiger partial charge in [-0.15, -0.1) is 0 Å². The standard InChI is InChI=1S/C19H21ClN2O3/c1-11-7-12(3-5-16(11)20)19(24)22-18(14-8-15(23)9-14)13-4-6-17(25-2)21-10-13/h3-7,10,14-15,18,23H,8-9H2,1-2H3,(H,22,24)/t14?,15?,18-/m1/s1. The minimum Gasteiger partial charge on any atom is -0.481 e. The number of aliphatic hydroxyl groups excluding tert-OH is 1. The number of aryl methyl sites for hydroxylation is 1. The van der Waals surface area contributed by atoms with Crippen molar-refractivity contribution in [1.29, 1.82) is 0 Å². The number of carbonyl (C=O) groups excluding carboxylic acids is 1. The predicted molar refractivity (Wildman–Crippen MR) is 95.9 cm³/mol. The Morgan fingerprint density at radius 2 is 2.12 bits per heavy atom. The molecule has 0 spiro atoms. The van der Waals surface area contributed by atoms with Crippen molar-refractivity contribution in [2.75, 3.05) is 7.11 Å². The monoisotopic (exact) mass is 360 g/mol. The summed E-state index contributed by atoms with van der Waals surface area (Å²) in [6.07, 6.45) is 2.74. The van der Waals surface area contributed by atoms with E-state index in [9.17, 15) is 9.90 Å². The molecule has 0 saturated heterocycles. The zero-order valence-electron chi connectivity index (χ0n) is 14.2. The highest BCUT2D eigenvalue weighted by Gasteiger charge is 2.36. The number of nitrogens with one attached hydrogen (secondary N) is 1. The topological polar surface area (TPSA) is 71.5 Å². The number of hydrogen-bond acceptors (Lipinski definition) is 4. The summed E-state index contributed by atoms with van der Waals surface area (Å²) >= 11 is 6.03. The first kappa shape index (κ1) is 17.7. The predicted octanol–water partition coefficient (Wildman–Crippen LogP) is 3.29. The SMILES string of the molecule is COc1ccc([C@@H](NC(=O)c2ccc(Cl)c(C)c2)C2CC(O)C2)cn1. The second-order valence-corrected chi connectivity index (χ2v) is 6.84. The van der Waals surface area contributed by atoms with Crippen LogP contribution < -0.4 is 10.1 Å². The van der Waals surface area contributed by atoms with Gasteiger partial charge in [0.1, 0.15) is 0 Å². The van der Waals surface area contributed by atoms with E-state index < -0.39 is 0 Å². The number of aliphatic hydroxyl groups is 1. The number of benzene rings is 1. The fraction of sp³-hybridized carbons (Fsp3) is 0.368. The van der Waals surface area contributed by atoms with Crippen LogP contribution in [0.15, 0.2) is 36.5 Å². The Hall–Kier alpha value is -2.11. The van der Waals surface area contributed by atoms with E-state index in [2.05, 4.69) is 10.3 Å². The van der Waals surface area contributed by atoms with Crippen LogP contribution in [0.25, 0.3) is 0 Å². The fourth-order valence-electron chi connectivity index (χ4n) is 3.08. The summed E-state index contributed by atoms with van der Waals surface area (Å²) < 4.78 is 5.09. The maximum Gasteiger partial charge on any atom is 0.251 e. The number of pyridine rings is 1. The lowest BCUT2D eigenvalue weighted by Crippen LogP contribution is -2.41. The van der Waals surface area contributed by atoms with Gasteiger partial charge in [-0.25, -0.2) is 4.98 Å². The highest BCUT2D eigenvalue weighted by molar-refractivity contribution is 6.31. The van der Waals surface area contributed by atoms with Crippen molar-refractivity contribution in [1.82, 2.24) is 10.3 Å². The summed E-state index contributed by atoms with van der Waals surface area (Å²) in [5, 5.41) is 13.4. The van der Waals surface area contributed by atoms with Gasteiger partial charge in [-0.1, -0.05) is 17.7 Å². The summed E-state index contributed by atoms with van der Waals surface area (Å²) in [6, 6.07) is 8.68. The van der Waals surface area contributed by atoms with Gasteiger partial charge in [0.2, 0.25) is 5.88 Å². The highest BCUT2D eigenvalue weighted by Crippen LogP contribution is 2.38. The molecule has 5 nitrogen and oxygen atoms in total. The molecule has 25 heavy (non-hydrogen) atoms. The number of ether oxygens (including phenoxy) is 1. The first-order valence-corrected chi connectivity index (χ1v) is 8.60. The molecule has 1 heterocycles. The van der Waals surface area contributed by atoms with E-state index in [1.54, 1.807) is 37.6 Å².